The highest BCUT2D eigenvalue weighted by Crippen LogP contribution is 2.68. The molecule has 0 amide bonds. The minimum atomic E-state index is -5.77. The van der Waals surface area contributed by atoms with Crippen molar-refractivity contribution in [1.29, 1.82) is 0 Å². The van der Waals surface area contributed by atoms with Crippen LogP contribution in [0.5, 0.6) is 0 Å². The summed E-state index contributed by atoms with van der Waals surface area (Å²) in [6.07, 6.45) is -12.8. The number of piperidine rings is 1. The smallest absolute Gasteiger partial charge is 0.293 e. The van der Waals surface area contributed by atoms with Crippen LogP contribution < -0.4 is 0 Å². The van der Waals surface area contributed by atoms with Crippen LogP contribution in [-0.2, 0) is 13.6 Å². The molecule has 25 heavy (non-hydrogen) atoms. The van der Waals surface area contributed by atoms with Crippen molar-refractivity contribution in [3.8, 4) is 0 Å². The molecule has 2 fully saturated rings. The molecule has 11 heteroatoms. The lowest BCUT2D eigenvalue weighted by Crippen LogP contribution is -2.63. The zero-order chi connectivity index (χ0) is 19.3. The predicted molar refractivity (Wildman–Crippen MR) is 77.9 cm³/mol. The van der Waals surface area contributed by atoms with Crippen LogP contribution in [0.2, 0.25) is 0 Å². The number of hydrogen-bond donors (Lipinski definition) is 0. The number of hydrogen-bond acceptors (Lipinski definition) is 3. The molecule has 0 aliphatic carbocycles. The van der Waals surface area contributed by atoms with Crippen LogP contribution in [0.4, 0.5) is 26.3 Å². The minimum absolute atomic E-state index is 0.0694. The van der Waals surface area contributed by atoms with Gasteiger partial charge in [0.05, 0.1) is 6.10 Å². The molecular weight excluding hydrogens is 375 g/mol. The van der Waals surface area contributed by atoms with E-state index in [2.05, 4.69) is 4.52 Å². The molecule has 0 N–H and O–H groups in total. The van der Waals surface area contributed by atoms with Gasteiger partial charge >= 0.3 is 20.1 Å². The molecule has 0 radical (unpaired) electrons. The molecule has 4 nitrogen and oxygen atoms in total. The zero-order valence-electron chi connectivity index (χ0n) is 14.2. The zero-order valence-corrected chi connectivity index (χ0v) is 15.1. The van der Waals surface area contributed by atoms with Gasteiger partial charge in [-0.15, -0.1) is 0 Å². The molecule has 2 rings (SSSR count). The average Bonchev–Trinajstić information content (AvgIpc) is 2.44. The Balaban J connectivity index is 2.54. The molecule has 0 unspecified atom stereocenters. The molecule has 2 aliphatic heterocycles. The Kier molecular flexibility index (Phi) is 5.37. The van der Waals surface area contributed by atoms with Crippen LogP contribution in [0.15, 0.2) is 0 Å². The van der Waals surface area contributed by atoms with Crippen molar-refractivity contribution in [2.45, 2.75) is 70.5 Å². The fourth-order valence-electron chi connectivity index (χ4n) is 2.92. The lowest BCUT2D eigenvalue weighted by molar-refractivity contribution is -0.375. The Morgan fingerprint density at radius 2 is 1.44 bits per heavy atom. The van der Waals surface area contributed by atoms with Crippen molar-refractivity contribution in [3.63, 3.8) is 0 Å². The number of halogens is 6. The summed E-state index contributed by atoms with van der Waals surface area (Å²) in [5, 5.41) is 0. The second-order valence-corrected chi connectivity index (χ2v) is 9.46. The van der Waals surface area contributed by atoms with E-state index >= 15 is 0 Å². The van der Waals surface area contributed by atoms with Crippen LogP contribution in [0.1, 0.15) is 46.5 Å². The average molecular weight is 397 g/mol. The molecule has 148 valence electrons. The summed E-state index contributed by atoms with van der Waals surface area (Å²) in [4.78, 5) is 0. The van der Waals surface area contributed by atoms with E-state index in [-0.39, 0.29) is 13.1 Å². The summed E-state index contributed by atoms with van der Waals surface area (Å²) in [5.74, 6) is 0. The highest BCUT2D eigenvalue weighted by atomic mass is 31.2. The van der Waals surface area contributed by atoms with E-state index in [1.807, 2.05) is 0 Å². The normalized spacial score (nSPS) is 32.6. The Morgan fingerprint density at radius 1 is 0.960 bits per heavy atom. The van der Waals surface area contributed by atoms with Gasteiger partial charge in [-0.25, -0.2) is 9.24 Å². The third kappa shape index (κ3) is 3.87. The SMILES string of the molecule is CC(C)(C)[C@H]1CC(C(F)(F)F)(C(F)(F)F)O[P@](=O)(N2CCCCC2)O1. The summed E-state index contributed by atoms with van der Waals surface area (Å²) in [5.41, 5.74) is -5.60. The van der Waals surface area contributed by atoms with E-state index in [0.717, 1.165) is 11.1 Å². The van der Waals surface area contributed by atoms with Crippen molar-refractivity contribution in [2.75, 3.05) is 13.1 Å². The summed E-state index contributed by atoms with van der Waals surface area (Å²) < 4.78 is 105. The molecule has 0 aromatic carbocycles. The molecule has 0 bridgehead atoms. The summed E-state index contributed by atoms with van der Waals surface area (Å²) in [7, 11) is -4.76. The second-order valence-electron chi connectivity index (χ2n) is 7.56. The quantitative estimate of drug-likeness (QED) is 0.445. The summed E-state index contributed by atoms with van der Waals surface area (Å²) in [6.45, 7) is 4.48. The first-order chi connectivity index (χ1) is 11.1. The molecule has 2 aliphatic rings. The van der Waals surface area contributed by atoms with Gasteiger partial charge in [-0.2, -0.15) is 26.3 Å². The van der Waals surface area contributed by atoms with Gasteiger partial charge in [0.1, 0.15) is 0 Å². The van der Waals surface area contributed by atoms with Gasteiger partial charge in [-0.1, -0.05) is 27.2 Å². The van der Waals surface area contributed by atoms with Crippen LogP contribution in [0.25, 0.3) is 0 Å². The molecule has 2 heterocycles. The van der Waals surface area contributed by atoms with Crippen LogP contribution >= 0.6 is 7.75 Å². The molecule has 2 saturated heterocycles. The first kappa shape index (κ1) is 21.0. The van der Waals surface area contributed by atoms with E-state index in [1.54, 1.807) is 0 Å². The lowest BCUT2D eigenvalue weighted by atomic mass is 9.81. The van der Waals surface area contributed by atoms with E-state index in [4.69, 9.17) is 4.52 Å². The van der Waals surface area contributed by atoms with Crippen molar-refractivity contribution < 1.29 is 40.0 Å². The second kappa shape index (κ2) is 6.39. The summed E-state index contributed by atoms with van der Waals surface area (Å²) in [6, 6.07) is 0. The first-order valence-corrected chi connectivity index (χ1v) is 9.50. The largest absolute Gasteiger partial charge is 0.427 e. The van der Waals surface area contributed by atoms with Crippen molar-refractivity contribution in [1.82, 2.24) is 4.67 Å². The number of rotatable bonds is 1. The molecule has 2 atom stereocenters. The van der Waals surface area contributed by atoms with E-state index < -0.39 is 43.6 Å². The van der Waals surface area contributed by atoms with Crippen molar-refractivity contribution >= 4 is 7.75 Å². The predicted octanol–water partition coefficient (Wildman–Crippen LogP) is 5.30. The third-order valence-corrected chi connectivity index (χ3v) is 6.72. The lowest BCUT2D eigenvalue weighted by Gasteiger charge is -2.50. The molecular formula is C14H22F6NO3P. The standard InChI is InChI=1S/C14H22F6NO3P/c1-11(2,3)10-9-12(13(15,16)17,14(18,19)20)24-25(22,23-10)21-7-5-4-6-8-21/h10H,4-9H2,1-3H3/t10-,25+/m1/s1. The van der Waals surface area contributed by atoms with Crippen molar-refractivity contribution in [3.05, 3.63) is 0 Å². The van der Waals surface area contributed by atoms with Crippen LogP contribution in [-0.4, -0.2) is 41.8 Å². The van der Waals surface area contributed by atoms with Gasteiger partial charge in [-0.05, 0) is 18.3 Å². The fourth-order valence-corrected chi connectivity index (χ4v) is 5.37. The van der Waals surface area contributed by atoms with Gasteiger partial charge in [0, 0.05) is 19.5 Å². The monoisotopic (exact) mass is 397 g/mol. The number of alkyl halides is 6. The Morgan fingerprint density at radius 3 is 1.84 bits per heavy atom. The maximum atomic E-state index is 13.5. The molecule has 0 saturated carbocycles. The van der Waals surface area contributed by atoms with Gasteiger partial charge < -0.3 is 0 Å². The maximum Gasteiger partial charge on any atom is 0.427 e. The Bertz CT molecular complexity index is 522. The highest BCUT2D eigenvalue weighted by molar-refractivity contribution is 7.51. The summed E-state index contributed by atoms with van der Waals surface area (Å²) >= 11 is 0. The van der Waals surface area contributed by atoms with E-state index in [0.29, 0.717) is 12.8 Å². The minimum Gasteiger partial charge on any atom is -0.293 e. The maximum absolute atomic E-state index is 13.5. The van der Waals surface area contributed by atoms with Gasteiger partial charge in [0.25, 0.3) is 5.60 Å². The highest BCUT2D eigenvalue weighted by Gasteiger charge is 2.77. The fraction of sp³-hybridized carbons (Fsp3) is 1.00. The Hall–Kier alpha value is -0.310. The van der Waals surface area contributed by atoms with E-state index in [9.17, 15) is 30.9 Å². The van der Waals surface area contributed by atoms with Gasteiger partial charge in [0.2, 0.25) is 0 Å². The van der Waals surface area contributed by atoms with E-state index in [1.165, 1.54) is 20.8 Å². The van der Waals surface area contributed by atoms with Gasteiger partial charge in [-0.3, -0.25) is 9.05 Å². The Labute approximate surface area is 142 Å². The topological polar surface area (TPSA) is 38.8 Å². The van der Waals surface area contributed by atoms with Crippen LogP contribution in [0.3, 0.4) is 0 Å². The number of nitrogens with zero attached hydrogens (tertiary/aromatic N) is 1. The molecule has 0 aromatic heterocycles. The third-order valence-electron chi connectivity index (χ3n) is 4.57. The van der Waals surface area contributed by atoms with Gasteiger partial charge in [0.15, 0.2) is 0 Å². The van der Waals surface area contributed by atoms with Crippen molar-refractivity contribution in [2.24, 2.45) is 5.41 Å². The van der Waals surface area contributed by atoms with Crippen LogP contribution in [0, 0.1) is 5.41 Å². The molecule has 0 aromatic rings. The first-order valence-electron chi connectivity index (χ1n) is 8.00. The molecule has 0 spiro atoms.